The Hall–Kier alpha value is -3.58. The van der Waals surface area contributed by atoms with E-state index in [9.17, 15) is 15.0 Å². The van der Waals surface area contributed by atoms with Crippen LogP contribution < -0.4 is 0 Å². The molecule has 0 amide bonds. The van der Waals surface area contributed by atoms with Gasteiger partial charge in [-0.05, 0) is 38.1 Å². The van der Waals surface area contributed by atoms with Crippen molar-refractivity contribution in [1.82, 2.24) is 15.0 Å². The van der Waals surface area contributed by atoms with Gasteiger partial charge in [-0.25, -0.2) is 14.8 Å². The van der Waals surface area contributed by atoms with Crippen molar-refractivity contribution in [2.24, 2.45) is 0 Å². The van der Waals surface area contributed by atoms with Crippen molar-refractivity contribution in [1.29, 1.82) is 0 Å². The van der Waals surface area contributed by atoms with Crippen LogP contribution in [0.4, 0.5) is 0 Å². The highest BCUT2D eigenvalue weighted by Crippen LogP contribution is 2.33. The molecule has 0 fully saturated rings. The van der Waals surface area contributed by atoms with Crippen LogP contribution in [-0.2, 0) is 5.60 Å². The average molecular weight is 375 g/mol. The second-order valence-corrected chi connectivity index (χ2v) is 6.92. The summed E-state index contributed by atoms with van der Waals surface area (Å²) >= 11 is 0. The maximum absolute atomic E-state index is 11.2. The van der Waals surface area contributed by atoms with Crippen LogP contribution >= 0.6 is 0 Å². The van der Waals surface area contributed by atoms with E-state index in [0.29, 0.717) is 33.8 Å². The number of aromatic carboxylic acids is 1. The molecule has 0 unspecified atom stereocenters. The first-order valence-corrected chi connectivity index (χ1v) is 8.60. The number of rotatable bonds is 4. The number of hydrogen-bond acceptors (Lipinski definition) is 6. The molecule has 7 nitrogen and oxygen atoms in total. The third kappa shape index (κ3) is 3.23. The second kappa shape index (κ2) is 6.54. The van der Waals surface area contributed by atoms with Gasteiger partial charge in [-0.1, -0.05) is 12.1 Å². The van der Waals surface area contributed by atoms with Crippen LogP contribution in [-0.4, -0.2) is 31.1 Å². The van der Waals surface area contributed by atoms with E-state index < -0.39 is 11.6 Å². The predicted molar refractivity (Wildman–Crippen MR) is 103 cm³/mol. The molecule has 3 heterocycles. The number of benzene rings is 1. The normalized spacial score (nSPS) is 11.7. The Morgan fingerprint density at radius 2 is 1.86 bits per heavy atom. The van der Waals surface area contributed by atoms with E-state index in [0.717, 1.165) is 5.56 Å². The van der Waals surface area contributed by atoms with Crippen LogP contribution in [0.25, 0.3) is 33.7 Å². The average Bonchev–Trinajstić information content (AvgIpc) is 3.12. The van der Waals surface area contributed by atoms with E-state index in [2.05, 4.69) is 15.0 Å². The fourth-order valence-corrected chi connectivity index (χ4v) is 2.92. The SMILES string of the molecule is CC(C)(O)c1cc(-c2ncnc3cc(-c4cccc(C(=O)O)c4)oc23)ccn1. The fourth-order valence-electron chi connectivity index (χ4n) is 2.92. The lowest BCUT2D eigenvalue weighted by atomic mass is 10.0. The molecule has 0 aliphatic carbocycles. The van der Waals surface area contributed by atoms with Crippen molar-refractivity contribution in [3.63, 3.8) is 0 Å². The molecule has 4 rings (SSSR count). The molecule has 1 aromatic carbocycles. The zero-order valence-corrected chi connectivity index (χ0v) is 15.2. The Morgan fingerprint density at radius 3 is 2.61 bits per heavy atom. The molecule has 0 bridgehead atoms. The first kappa shape index (κ1) is 17.8. The largest absolute Gasteiger partial charge is 0.478 e. The highest BCUT2D eigenvalue weighted by atomic mass is 16.4. The van der Waals surface area contributed by atoms with Gasteiger partial charge in [0.1, 0.15) is 28.9 Å². The number of nitrogens with zero attached hydrogens (tertiary/aromatic N) is 3. The van der Waals surface area contributed by atoms with E-state index in [1.165, 1.54) is 12.4 Å². The molecule has 7 heteroatoms. The minimum absolute atomic E-state index is 0.174. The summed E-state index contributed by atoms with van der Waals surface area (Å²) in [7, 11) is 0. The molecule has 0 radical (unpaired) electrons. The van der Waals surface area contributed by atoms with Crippen molar-refractivity contribution in [2.45, 2.75) is 19.4 Å². The molecule has 0 saturated heterocycles. The summed E-state index contributed by atoms with van der Waals surface area (Å²) in [6.07, 6.45) is 3.05. The first-order valence-electron chi connectivity index (χ1n) is 8.60. The maximum atomic E-state index is 11.2. The number of fused-ring (bicyclic) bond motifs is 1. The number of aromatic nitrogens is 3. The number of carboxylic acid groups (broad SMARTS) is 1. The van der Waals surface area contributed by atoms with Gasteiger partial charge in [0.05, 0.1) is 11.3 Å². The van der Waals surface area contributed by atoms with Gasteiger partial charge >= 0.3 is 5.97 Å². The molecule has 0 spiro atoms. The van der Waals surface area contributed by atoms with Crippen LogP contribution in [0, 0.1) is 0 Å². The maximum Gasteiger partial charge on any atom is 0.335 e. The van der Waals surface area contributed by atoms with Crippen molar-refractivity contribution >= 4 is 17.1 Å². The number of pyridine rings is 1. The number of furan rings is 1. The molecule has 4 aromatic rings. The standard InChI is InChI=1S/C21H17N3O4/c1-21(2,27)17-9-13(6-7-22-17)18-19-15(23-11-24-18)10-16(28-19)12-4-3-5-14(8-12)20(25)26/h3-11,27H,1-2H3,(H,25,26). The van der Waals surface area contributed by atoms with Gasteiger partial charge in [0.25, 0.3) is 0 Å². The molecule has 140 valence electrons. The van der Waals surface area contributed by atoms with Crippen molar-refractivity contribution in [2.75, 3.05) is 0 Å². The Bertz CT molecular complexity index is 1190. The molecule has 2 N–H and O–H groups in total. The van der Waals surface area contributed by atoms with Crippen molar-refractivity contribution in [3.05, 3.63) is 66.2 Å². The third-order valence-electron chi connectivity index (χ3n) is 4.37. The number of aliphatic hydroxyl groups is 1. The highest BCUT2D eigenvalue weighted by Gasteiger charge is 2.20. The fraction of sp³-hybridized carbons (Fsp3) is 0.143. The molecule has 0 aliphatic rings. The van der Waals surface area contributed by atoms with E-state index in [1.54, 1.807) is 56.4 Å². The van der Waals surface area contributed by atoms with E-state index in [4.69, 9.17) is 4.42 Å². The van der Waals surface area contributed by atoms with Gasteiger partial charge in [0, 0.05) is 23.4 Å². The first-order chi connectivity index (χ1) is 13.3. The monoisotopic (exact) mass is 375 g/mol. The van der Waals surface area contributed by atoms with Gasteiger partial charge in [-0.3, -0.25) is 4.98 Å². The van der Waals surface area contributed by atoms with Crippen molar-refractivity contribution < 1.29 is 19.4 Å². The topological polar surface area (TPSA) is 109 Å². The van der Waals surface area contributed by atoms with Crippen LogP contribution in [0.5, 0.6) is 0 Å². The number of carboxylic acids is 1. The summed E-state index contributed by atoms with van der Waals surface area (Å²) in [4.78, 5) is 24.0. The van der Waals surface area contributed by atoms with Gasteiger partial charge < -0.3 is 14.6 Å². The Balaban J connectivity index is 1.85. The van der Waals surface area contributed by atoms with Gasteiger partial charge in [0.15, 0.2) is 5.58 Å². The predicted octanol–water partition coefficient (Wildman–Crippen LogP) is 3.88. The molecule has 0 aliphatic heterocycles. The number of carbonyl (C=O) groups is 1. The van der Waals surface area contributed by atoms with Gasteiger partial charge in [0.2, 0.25) is 0 Å². The molecule has 3 aromatic heterocycles. The summed E-state index contributed by atoms with van der Waals surface area (Å²) in [5.74, 6) is -0.508. The molecule has 0 saturated carbocycles. The minimum Gasteiger partial charge on any atom is -0.478 e. The molecule has 0 atom stereocenters. The Morgan fingerprint density at radius 1 is 1.04 bits per heavy atom. The lowest BCUT2D eigenvalue weighted by molar-refractivity contribution is 0.0695. The smallest absolute Gasteiger partial charge is 0.335 e. The summed E-state index contributed by atoms with van der Waals surface area (Å²) in [5, 5.41) is 19.4. The molecular formula is C21H17N3O4. The zero-order valence-electron chi connectivity index (χ0n) is 15.2. The third-order valence-corrected chi connectivity index (χ3v) is 4.37. The zero-order chi connectivity index (χ0) is 19.9. The lowest BCUT2D eigenvalue weighted by Crippen LogP contribution is -2.17. The summed E-state index contributed by atoms with van der Waals surface area (Å²) in [6, 6.07) is 11.8. The van der Waals surface area contributed by atoms with Gasteiger partial charge in [-0.15, -0.1) is 0 Å². The van der Waals surface area contributed by atoms with E-state index in [1.807, 2.05) is 0 Å². The summed E-state index contributed by atoms with van der Waals surface area (Å²) in [6.45, 7) is 3.32. The lowest BCUT2D eigenvalue weighted by Gasteiger charge is -2.16. The molecular weight excluding hydrogens is 358 g/mol. The summed E-state index contributed by atoms with van der Waals surface area (Å²) in [5.41, 5.74) is 2.61. The van der Waals surface area contributed by atoms with E-state index >= 15 is 0 Å². The van der Waals surface area contributed by atoms with Gasteiger partial charge in [-0.2, -0.15) is 0 Å². The summed E-state index contributed by atoms with van der Waals surface area (Å²) < 4.78 is 6.00. The van der Waals surface area contributed by atoms with Crippen LogP contribution in [0.2, 0.25) is 0 Å². The quantitative estimate of drug-likeness (QED) is 0.557. The van der Waals surface area contributed by atoms with Crippen molar-refractivity contribution in [3.8, 4) is 22.6 Å². The van der Waals surface area contributed by atoms with Crippen LogP contribution in [0.15, 0.2) is 59.4 Å². The van der Waals surface area contributed by atoms with Crippen LogP contribution in [0.1, 0.15) is 29.9 Å². The Labute approximate surface area is 160 Å². The molecule has 28 heavy (non-hydrogen) atoms. The van der Waals surface area contributed by atoms with E-state index in [-0.39, 0.29) is 5.56 Å². The number of hydrogen-bond donors (Lipinski definition) is 2. The minimum atomic E-state index is -1.09. The van der Waals surface area contributed by atoms with Crippen LogP contribution in [0.3, 0.4) is 0 Å². The highest BCUT2D eigenvalue weighted by molar-refractivity contribution is 5.92. The Kier molecular flexibility index (Phi) is 4.16. The second-order valence-electron chi connectivity index (χ2n) is 6.92.